The van der Waals surface area contributed by atoms with Gasteiger partial charge in [-0.2, -0.15) is 0 Å². The van der Waals surface area contributed by atoms with Crippen LogP contribution in [0.1, 0.15) is 80.1 Å². The lowest BCUT2D eigenvalue weighted by Crippen LogP contribution is -2.54. The molecular formula is C34H60N4O5. The second-order valence-electron chi connectivity index (χ2n) is 13.2. The molecule has 0 aromatic carbocycles. The summed E-state index contributed by atoms with van der Waals surface area (Å²) in [5.41, 5.74) is 0. The topological polar surface area (TPSA) is 111 Å². The predicted octanol–water partition coefficient (Wildman–Crippen LogP) is 3.77. The molecule has 0 aromatic heterocycles. The van der Waals surface area contributed by atoms with Gasteiger partial charge in [-0.3, -0.25) is 14.4 Å². The summed E-state index contributed by atoms with van der Waals surface area (Å²) >= 11 is 0. The number of hydrogen-bond acceptors (Lipinski definition) is 6. The Morgan fingerprint density at radius 2 is 1.81 bits per heavy atom. The minimum absolute atomic E-state index is 0.0475. The number of carbonyl (C=O) groups is 3. The fraction of sp³-hybridized carbons (Fsp3) is 0.794. The largest absolute Gasteiger partial charge is 0.392 e. The number of aliphatic hydroxyl groups excluding tert-OH is 1. The monoisotopic (exact) mass is 604 g/mol. The van der Waals surface area contributed by atoms with Crippen molar-refractivity contribution in [1.29, 1.82) is 0 Å². The van der Waals surface area contributed by atoms with Crippen LogP contribution in [0, 0.1) is 29.6 Å². The number of amides is 3. The molecule has 1 saturated heterocycles. The number of methoxy groups -OCH3 is 1. The van der Waals surface area contributed by atoms with Crippen LogP contribution >= 0.6 is 0 Å². The van der Waals surface area contributed by atoms with Crippen LogP contribution in [0.4, 0.5) is 0 Å². The standard InChI is InChI=1S/C34H60N4O5/c1-10-23(4)32(37(8)30(40)21-36-34(42)31(35-7)22(2)3)28(43-9)20-29(39)38-18-14-17-27(38)19-24(5)25(6)33(41)26-15-12-11-13-16-26/h11-13,15,22-28,31-33,35,41H,10,14,16-21H2,1-9H3,(H,36,42). The van der Waals surface area contributed by atoms with Gasteiger partial charge in [-0.05, 0) is 56.4 Å². The first-order valence-corrected chi connectivity index (χ1v) is 16.4. The maximum absolute atomic E-state index is 13.8. The first-order valence-electron chi connectivity index (χ1n) is 16.4. The average molecular weight is 605 g/mol. The zero-order valence-electron chi connectivity index (χ0n) is 28.2. The Morgan fingerprint density at radius 1 is 1.12 bits per heavy atom. The molecule has 9 heteroatoms. The van der Waals surface area contributed by atoms with Crippen molar-refractivity contribution >= 4 is 17.7 Å². The molecule has 9 atom stereocenters. The molecule has 2 aliphatic rings. The number of carbonyl (C=O) groups excluding carboxylic acids is 3. The van der Waals surface area contributed by atoms with E-state index in [0.717, 1.165) is 38.6 Å². The highest BCUT2D eigenvalue weighted by atomic mass is 16.5. The summed E-state index contributed by atoms with van der Waals surface area (Å²) in [6.45, 7) is 13.0. The molecule has 0 saturated carbocycles. The van der Waals surface area contributed by atoms with Crippen molar-refractivity contribution in [3.05, 3.63) is 24.3 Å². The van der Waals surface area contributed by atoms with Gasteiger partial charge in [0.1, 0.15) is 0 Å². The average Bonchev–Trinajstić information content (AvgIpc) is 3.46. The van der Waals surface area contributed by atoms with E-state index < -0.39 is 12.2 Å². The Morgan fingerprint density at radius 3 is 2.37 bits per heavy atom. The van der Waals surface area contributed by atoms with Crippen molar-refractivity contribution in [2.75, 3.05) is 34.3 Å². The van der Waals surface area contributed by atoms with E-state index >= 15 is 0 Å². The normalized spacial score (nSPS) is 23.4. The fourth-order valence-corrected chi connectivity index (χ4v) is 6.84. The molecule has 1 fully saturated rings. The van der Waals surface area contributed by atoms with Gasteiger partial charge in [0.15, 0.2) is 0 Å². The van der Waals surface area contributed by atoms with E-state index in [9.17, 15) is 19.5 Å². The smallest absolute Gasteiger partial charge is 0.242 e. The van der Waals surface area contributed by atoms with Gasteiger partial charge in [-0.15, -0.1) is 0 Å². The maximum Gasteiger partial charge on any atom is 0.242 e. The summed E-state index contributed by atoms with van der Waals surface area (Å²) in [5, 5.41) is 16.8. The number of rotatable bonds is 17. The Hall–Kier alpha value is -2.23. The molecule has 1 heterocycles. The van der Waals surface area contributed by atoms with Gasteiger partial charge < -0.3 is 30.3 Å². The third-order valence-electron chi connectivity index (χ3n) is 10.0. The van der Waals surface area contributed by atoms with Gasteiger partial charge in [0.2, 0.25) is 17.7 Å². The maximum atomic E-state index is 13.8. The number of nitrogens with zero attached hydrogens (tertiary/aromatic N) is 2. The Labute approximate surface area is 260 Å². The fourth-order valence-electron chi connectivity index (χ4n) is 6.84. The number of likely N-dealkylation sites (tertiary alicyclic amines) is 1. The molecule has 0 bridgehead atoms. The molecule has 43 heavy (non-hydrogen) atoms. The summed E-state index contributed by atoms with van der Waals surface area (Å²) in [6.07, 6.45) is 12.0. The molecule has 0 radical (unpaired) electrons. The number of aliphatic hydroxyl groups is 1. The highest BCUT2D eigenvalue weighted by molar-refractivity contribution is 5.87. The van der Waals surface area contributed by atoms with Crippen molar-refractivity contribution in [1.82, 2.24) is 20.4 Å². The lowest BCUT2D eigenvalue weighted by Gasteiger charge is -2.39. The van der Waals surface area contributed by atoms with Crippen LogP contribution in [0.5, 0.6) is 0 Å². The molecule has 9 unspecified atom stereocenters. The van der Waals surface area contributed by atoms with Gasteiger partial charge in [-0.25, -0.2) is 0 Å². The van der Waals surface area contributed by atoms with Crippen LogP contribution in [0.3, 0.4) is 0 Å². The van der Waals surface area contributed by atoms with Gasteiger partial charge in [-0.1, -0.05) is 72.3 Å². The highest BCUT2D eigenvalue weighted by Crippen LogP contribution is 2.33. The summed E-state index contributed by atoms with van der Waals surface area (Å²) in [4.78, 5) is 43.3. The van der Waals surface area contributed by atoms with Crippen LogP contribution in [0.25, 0.3) is 0 Å². The van der Waals surface area contributed by atoms with Crippen molar-refractivity contribution in [2.24, 2.45) is 29.6 Å². The molecule has 2 rings (SSSR count). The Balaban J connectivity index is 2.06. The minimum atomic E-state index is -0.474. The molecule has 3 N–H and O–H groups in total. The van der Waals surface area contributed by atoms with Crippen LogP contribution in [-0.2, 0) is 19.1 Å². The number of nitrogens with one attached hydrogen (secondary N) is 2. The first kappa shape index (κ1) is 37.0. The van der Waals surface area contributed by atoms with Crippen LogP contribution < -0.4 is 10.6 Å². The van der Waals surface area contributed by atoms with Crippen molar-refractivity contribution in [3.8, 4) is 0 Å². The zero-order valence-corrected chi connectivity index (χ0v) is 28.2. The second kappa shape index (κ2) is 17.9. The summed E-state index contributed by atoms with van der Waals surface area (Å²) in [6, 6.07) is -0.563. The zero-order chi connectivity index (χ0) is 32.3. The van der Waals surface area contributed by atoms with E-state index in [1.165, 1.54) is 0 Å². The molecular weight excluding hydrogens is 544 g/mol. The summed E-state index contributed by atoms with van der Waals surface area (Å²) < 4.78 is 5.92. The van der Waals surface area contributed by atoms with E-state index in [4.69, 9.17) is 4.74 Å². The third-order valence-corrected chi connectivity index (χ3v) is 10.0. The van der Waals surface area contributed by atoms with E-state index in [-0.39, 0.29) is 78.4 Å². The van der Waals surface area contributed by atoms with Gasteiger partial charge in [0.25, 0.3) is 0 Å². The van der Waals surface area contributed by atoms with E-state index in [2.05, 4.69) is 50.5 Å². The van der Waals surface area contributed by atoms with Crippen molar-refractivity contribution < 1.29 is 24.2 Å². The highest BCUT2D eigenvalue weighted by Gasteiger charge is 2.38. The van der Waals surface area contributed by atoms with Gasteiger partial charge in [0, 0.05) is 32.7 Å². The third kappa shape index (κ3) is 10.1. The van der Waals surface area contributed by atoms with Crippen LogP contribution in [0.15, 0.2) is 24.3 Å². The summed E-state index contributed by atoms with van der Waals surface area (Å²) in [7, 11) is 5.08. The second-order valence-corrected chi connectivity index (χ2v) is 13.2. The lowest BCUT2D eigenvalue weighted by molar-refractivity contribution is -0.143. The minimum Gasteiger partial charge on any atom is -0.392 e. The SMILES string of the molecule is CCC(C)C(C(CC(=O)N1CCCC1CC(C)C(C)C(O)C1C=CC=CC1)OC)N(C)C(=O)CNC(=O)C(NC)C(C)C. The predicted molar refractivity (Wildman–Crippen MR) is 172 cm³/mol. The lowest BCUT2D eigenvalue weighted by atomic mass is 9.79. The van der Waals surface area contributed by atoms with E-state index in [0.29, 0.717) is 0 Å². The molecule has 246 valence electrons. The van der Waals surface area contributed by atoms with E-state index in [1.807, 2.05) is 30.9 Å². The van der Waals surface area contributed by atoms with Gasteiger partial charge in [0.05, 0.1) is 37.3 Å². The number of ether oxygens (including phenoxy) is 1. The van der Waals surface area contributed by atoms with Crippen molar-refractivity contribution in [3.63, 3.8) is 0 Å². The first-order chi connectivity index (χ1) is 20.4. The van der Waals surface area contributed by atoms with Gasteiger partial charge >= 0.3 is 0 Å². The number of allylic oxidation sites excluding steroid dienone is 3. The quantitative estimate of drug-likeness (QED) is 0.233. The Kier molecular flexibility index (Phi) is 15.4. The molecule has 1 aliphatic carbocycles. The van der Waals surface area contributed by atoms with Crippen molar-refractivity contribution in [2.45, 2.75) is 110 Å². The van der Waals surface area contributed by atoms with E-state index in [1.54, 1.807) is 26.1 Å². The molecule has 1 aliphatic heterocycles. The molecule has 3 amide bonds. The number of likely N-dealkylation sites (N-methyl/N-ethyl adjacent to an activating group) is 2. The van der Waals surface area contributed by atoms with Crippen LogP contribution in [0.2, 0.25) is 0 Å². The summed E-state index contributed by atoms with van der Waals surface area (Å²) in [5.74, 6) is 0.315. The Bertz CT molecular complexity index is 953. The molecule has 0 aromatic rings. The van der Waals surface area contributed by atoms with Crippen LogP contribution in [-0.4, -0.2) is 97.3 Å². The molecule has 9 nitrogen and oxygen atoms in total. The number of hydrogen-bond donors (Lipinski definition) is 3. The molecule has 0 spiro atoms.